The molecule has 2 aromatic carbocycles. The maximum absolute atomic E-state index is 12.7. The molecule has 4 rings (SSSR count). The maximum Gasteiger partial charge on any atom is 0.363 e. The molecule has 134 valence electrons. The van der Waals surface area contributed by atoms with Crippen LogP contribution >= 0.6 is 39.1 Å². The van der Waals surface area contributed by atoms with E-state index in [0.717, 1.165) is 4.47 Å². The SMILES string of the molecule is O=C1OC(c2ccc(Br)cc2)=N/C1=C\c1coc2c(Cl)cc(Cl)cc2c1=O. The van der Waals surface area contributed by atoms with Gasteiger partial charge in [0.15, 0.2) is 16.7 Å². The van der Waals surface area contributed by atoms with Gasteiger partial charge in [0.1, 0.15) is 6.26 Å². The van der Waals surface area contributed by atoms with Gasteiger partial charge in [-0.3, -0.25) is 4.79 Å². The van der Waals surface area contributed by atoms with E-state index in [2.05, 4.69) is 20.9 Å². The molecule has 0 radical (unpaired) electrons. The lowest BCUT2D eigenvalue weighted by atomic mass is 10.1. The number of carbonyl (C=O) groups excluding carboxylic acids is 1. The molecule has 27 heavy (non-hydrogen) atoms. The van der Waals surface area contributed by atoms with Crippen LogP contribution in [0, 0.1) is 0 Å². The number of benzene rings is 2. The third-order valence-electron chi connectivity index (χ3n) is 3.82. The highest BCUT2D eigenvalue weighted by Crippen LogP contribution is 2.27. The Labute approximate surface area is 171 Å². The Bertz CT molecular complexity index is 1210. The molecule has 2 heterocycles. The summed E-state index contributed by atoms with van der Waals surface area (Å²) in [5, 5.41) is 0.746. The van der Waals surface area contributed by atoms with Crippen molar-refractivity contribution >= 4 is 68.0 Å². The number of esters is 1. The van der Waals surface area contributed by atoms with E-state index in [0.29, 0.717) is 10.6 Å². The molecular weight excluding hydrogens is 457 g/mol. The van der Waals surface area contributed by atoms with Crippen LogP contribution in [-0.2, 0) is 9.53 Å². The molecule has 0 unspecified atom stereocenters. The first kappa shape index (κ1) is 18.0. The van der Waals surface area contributed by atoms with Crippen LogP contribution < -0.4 is 5.43 Å². The summed E-state index contributed by atoms with van der Waals surface area (Å²) in [5.41, 5.74) is 0.606. The number of hydrogen-bond donors (Lipinski definition) is 0. The van der Waals surface area contributed by atoms with Crippen LogP contribution in [0.25, 0.3) is 17.0 Å². The smallest absolute Gasteiger partial charge is 0.363 e. The summed E-state index contributed by atoms with van der Waals surface area (Å²) in [5.74, 6) is -0.494. The van der Waals surface area contributed by atoms with E-state index < -0.39 is 5.97 Å². The molecule has 1 aliphatic rings. The van der Waals surface area contributed by atoms with Gasteiger partial charge >= 0.3 is 5.97 Å². The largest absolute Gasteiger partial charge is 0.462 e. The highest BCUT2D eigenvalue weighted by molar-refractivity contribution is 9.10. The van der Waals surface area contributed by atoms with Gasteiger partial charge in [0.05, 0.1) is 16.0 Å². The van der Waals surface area contributed by atoms with E-state index in [9.17, 15) is 9.59 Å². The molecule has 0 fully saturated rings. The predicted molar refractivity (Wildman–Crippen MR) is 107 cm³/mol. The first-order valence-electron chi connectivity index (χ1n) is 7.61. The third-order valence-corrected chi connectivity index (χ3v) is 4.85. The zero-order chi connectivity index (χ0) is 19.1. The standard InChI is InChI=1S/C19H8BrCl2NO4/c20-11-3-1-9(2-4-11)18-23-15(19(25)27-18)5-10-8-26-17-13(16(10)24)6-12(21)7-14(17)22/h1-8H/b15-5-. The second-order valence-electron chi connectivity index (χ2n) is 5.63. The topological polar surface area (TPSA) is 68.9 Å². The number of carbonyl (C=O) groups is 1. The van der Waals surface area contributed by atoms with Crippen molar-refractivity contribution in [3.8, 4) is 0 Å². The number of hydrogen-bond acceptors (Lipinski definition) is 5. The summed E-state index contributed by atoms with van der Waals surface area (Å²) < 4.78 is 11.5. The molecule has 0 saturated carbocycles. The highest BCUT2D eigenvalue weighted by atomic mass is 79.9. The van der Waals surface area contributed by atoms with Gasteiger partial charge in [-0.15, -0.1) is 0 Å². The number of rotatable bonds is 2. The molecule has 1 aromatic heterocycles. The summed E-state index contributed by atoms with van der Waals surface area (Å²) in [6, 6.07) is 10.1. The molecule has 0 amide bonds. The Kier molecular flexibility index (Phi) is 4.63. The van der Waals surface area contributed by atoms with Crippen LogP contribution in [0.3, 0.4) is 0 Å². The Balaban J connectivity index is 1.79. The summed E-state index contributed by atoms with van der Waals surface area (Å²) in [7, 11) is 0. The molecule has 8 heteroatoms. The second-order valence-corrected chi connectivity index (χ2v) is 7.39. The molecule has 0 N–H and O–H groups in total. The van der Waals surface area contributed by atoms with Crippen molar-refractivity contribution in [3.63, 3.8) is 0 Å². The molecule has 3 aromatic rings. The van der Waals surface area contributed by atoms with Gasteiger partial charge in [-0.05, 0) is 42.5 Å². The Hall–Kier alpha value is -2.41. The third kappa shape index (κ3) is 3.43. The first-order valence-corrected chi connectivity index (χ1v) is 9.16. The zero-order valence-corrected chi connectivity index (χ0v) is 16.4. The molecule has 0 atom stereocenters. The monoisotopic (exact) mass is 463 g/mol. The van der Waals surface area contributed by atoms with Crippen molar-refractivity contribution in [2.75, 3.05) is 0 Å². The van der Waals surface area contributed by atoms with Crippen LogP contribution in [0.5, 0.6) is 0 Å². The van der Waals surface area contributed by atoms with Gasteiger partial charge in [0.25, 0.3) is 0 Å². The van der Waals surface area contributed by atoms with Crippen molar-refractivity contribution < 1.29 is 13.9 Å². The van der Waals surface area contributed by atoms with E-state index in [1.165, 1.54) is 24.5 Å². The Morgan fingerprint density at radius 1 is 1.07 bits per heavy atom. The minimum Gasteiger partial charge on any atom is -0.462 e. The van der Waals surface area contributed by atoms with Crippen molar-refractivity contribution in [2.45, 2.75) is 0 Å². The van der Waals surface area contributed by atoms with Gasteiger partial charge in [-0.1, -0.05) is 39.1 Å². The van der Waals surface area contributed by atoms with E-state index in [4.69, 9.17) is 32.4 Å². The summed E-state index contributed by atoms with van der Waals surface area (Å²) in [4.78, 5) is 29.0. The highest BCUT2D eigenvalue weighted by Gasteiger charge is 2.24. The van der Waals surface area contributed by atoms with Gasteiger partial charge in [-0.2, -0.15) is 0 Å². The van der Waals surface area contributed by atoms with Crippen LogP contribution in [0.4, 0.5) is 0 Å². The predicted octanol–water partition coefficient (Wildman–Crippen LogP) is 5.21. The lowest BCUT2D eigenvalue weighted by Gasteiger charge is -2.01. The van der Waals surface area contributed by atoms with Crippen molar-refractivity contribution in [3.05, 3.63) is 84.2 Å². The maximum atomic E-state index is 12.7. The number of fused-ring (bicyclic) bond motifs is 1. The van der Waals surface area contributed by atoms with E-state index in [1.807, 2.05) is 0 Å². The Morgan fingerprint density at radius 3 is 2.56 bits per heavy atom. The lowest BCUT2D eigenvalue weighted by Crippen LogP contribution is -2.07. The summed E-state index contributed by atoms with van der Waals surface area (Å²) in [6.45, 7) is 0. The van der Waals surface area contributed by atoms with Gasteiger partial charge < -0.3 is 9.15 Å². The van der Waals surface area contributed by atoms with E-state index >= 15 is 0 Å². The fourth-order valence-corrected chi connectivity index (χ4v) is 3.35. The number of nitrogens with zero attached hydrogens (tertiary/aromatic N) is 1. The lowest BCUT2D eigenvalue weighted by molar-refractivity contribution is -0.129. The van der Waals surface area contributed by atoms with Crippen LogP contribution in [0.1, 0.15) is 11.1 Å². The van der Waals surface area contributed by atoms with E-state index in [1.54, 1.807) is 24.3 Å². The quantitative estimate of drug-likeness (QED) is 0.385. The summed E-state index contributed by atoms with van der Waals surface area (Å²) in [6.07, 6.45) is 2.53. The number of aliphatic imine (C=N–C) groups is 1. The fourth-order valence-electron chi connectivity index (χ4n) is 2.55. The molecule has 0 spiro atoms. The molecule has 5 nitrogen and oxygen atoms in total. The van der Waals surface area contributed by atoms with Crippen molar-refractivity contribution in [2.24, 2.45) is 4.99 Å². The minimum absolute atomic E-state index is 0.00677. The second kappa shape index (κ2) is 6.96. The van der Waals surface area contributed by atoms with Crippen LogP contribution in [0.15, 0.2) is 67.0 Å². The molecule has 1 aliphatic heterocycles. The van der Waals surface area contributed by atoms with Gasteiger partial charge in [0.2, 0.25) is 5.90 Å². The van der Waals surface area contributed by atoms with Crippen molar-refractivity contribution in [1.82, 2.24) is 0 Å². The number of ether oxygens (including phenoxy) is 1. The molecule has 0 bridgehead atoms. The summed E-state index contributed by atoms with van der Waals surface area (Å²) >= 11 is 15.3. The minimum atomic E-state index is -0.656. The van der Waals surface area contributed by atoms with Crippen LogP contribution in [-0.4, -0.2) is 11.9 Å². The van der Waals surface area contributed by atoms with E-state index in [-0.39, 0.29) is 38.6 Å². The van der Waals surface area contributed by atoms with Crippen LogP contribution in [0.2, 0.25) is 10.0 Å². The molecular formula is C19H8BrCl2NO4. The molecule has 0 aliphatic carbocycles. The average molecular weight is 465 g/mol. The normalized spacial score (nSPS) is 15.3. The zero-order valence-electron chi connectivity index (χ0n) is 13.3. The van der Waals surface area contributed by atoms with Gasteiger partial charge in [0, 0.05) is 15.1 Å². The average Bonchev–Trinajstić information content (AvgIpc) is 2.99. The fraction of sp³-hybridized carbons (Fsp3) is 0. The van der Waals surface area contributed by atoms with Gasteiger partial charge in [-0.25, -0.2) is 9.79 Å². The Morgan fingerprint density at radius 2 is 1.81 bits per heavy atom. The number of halogens is 3. The number of cyclic esters (lactones) is 1. The molecule has 0 saturated heterocycles. The first-order chi connectivity index (χ1) is 12.9. The van der Waals surface area contributed by atoms with Crippen molar-refractivity contribution in [1.29, 1.82) is 0 Å².